The normalized spacial score (nSPS) is 23.7. The molecule has 2 saturated carbocycles. The molecule has 3 aliphatic rings. The minimum atomic E-state index is -0.566. The number of nitrogens with zero attached hydrogens (tertiary/aromatic N) is 2. The summed E-state index contributed by atoms with van der Waals surface area (Å²) in [5.41, 5.74) is 0.812. The second kappa shape index (κ2) is 8.86. The Morgan fingerprint density at radius 2 is 1.63 bits per heavy atom. The standard InChI is InChI=1S/C24H34N2O4/c1-16(2)30-20-13-10-17(14-21(20)29-3)23-24(28)25(18-8-6-4-5-7-9-18)15-22(27)26(23)19-11-12-19/h10,13-14,16,18-19,23H,4-9,11-12,15H2,1-3H3. The molecule has 6 heteroatoms. The van der Waals surface area contributed by atoms with E-state index in [1.54, 1.807) is 7.11 Å². The summed E-state index contributed by atoms with van der Waals surface area (Å²) in [6.45, 7) is 4.16. The molecule has 1 aromatic carbocycles. The molecule has 0 radical (unpaired) electrons. The average Bonchev–Trinajstić information content (AvgIpc) is 3.56. The monoisotopic (exact) mass is 414 g/mol. The number of ether oxygens (including phenoxy) is 2. The molecule has 1 aromatic rings. The van der Waals surface area contributed by atoms with E-state index in [9.17, 15) is 9.59 Å². The maximum Gasteiger partial charge on any atom is 0.250 e. The molecular weight excluding hydrogens is 380 g/mol. The third kappa shape index (κ3) is 4.28. The number of benzene rings is 1. The van der Waals surface area contributed by atoms with Crippen molar-refractivity contribution in [2.24, 2.45) is 0 Å². The molecule has 4 rings (SSSR count). The number of methoxy groups -OCH3 is 1. The van der Waals surface area contributed by atoms with E-state index in [1.165, 1.54) is 12.8 Å². The highest BCUT2D eigenvalue weighted by molar-refractivity contribution is 5.96. The number of amides is 2. The zero-order valence-corrected chi connectivity index (χ0v) is 18.4. The molecule has 1 heterocycles. The molecule has 1 unspecified atom stereocenters. The van der Waals surface area contributed by atoms with Gasteiger partial charge in [-0.3, -0.25) is 9.59 Å². The van der Waals surface area contributed by atoms with Crippen LogP contribution in [0.4, 0.5) is 0 Å². The van der Waals surface area contributed by atoms with Crippen molar-refractivity contribution in [2.75, 3.05) is 13.7 Å². The van der Waals surface area contributed by atoms with Gasteiger partial charge in [-0.1, -0.05) is 31.7 Å². The number of hydrogen-bond acceptors (Lipinski definition) is 4. The fraction of sp³-hybridized carbons (Fsp3) is 0.667. The predicted octanol–water partition coefficient (Wildman–Crippen LogP) is 4.08. The van der Waals surface area contributed by atoms with Gasteiger partial charge >= 0.3 is 0 Å². The average molecular weight is 415 g/mol. The summed E-state index contributed by atoms with van der Waals surface area (Å²) in [5.74, 6) is 1.40. The summed E-state index contributed by atoms with van der Waals surface area (Å²) in [6, 6.07) is 5.45. The minimum Gasteiger partial charge on any atom is -0.493 e. The summed E-state index contributed by atoms with van der Waals surface area (Å²) in [5, 5.41) is 0. The predicted molar refractivity (Wildman–Crippen MR) is 115 cm³/mol. The second-order valence-corrected chi connectivity index (χ2v) is 9.12. The first-order valence-corrected chi connectivity index (χ1v) is 11.5. The van der Waals surface area contributed by atoms with Crippen LogP contribution in [-0.4, -0.2) is 53.5 Å². The molecule has 1 atom stereocenters. The van der Waals surface area contributed by atoms with Crippen LogP contribution < -0.4 is 9.47 Å². The SMILES string of the molecule is COc1cc(C2C(=O)N(C3CCCCCC3)CC(=O)N2C2CC2)ccc1OC(C)C. The zero-order chi connectivity index (χ0) is 21.3. The van der Waals surface area contributed by atoms with Crippen LogP contribution in [0.15, 0.2) is 18.2 Å². The van der Waals surface area contributed by atoms with Crippen molar-refractivity contribution in [3.63, 3.8) is 0 Å². The Morgan fingerprint density at radius 1 is 0.933 bits per heavy atom. The Kier molecular flexibility index (Phi) is 6.21. The van der Waals surface area contributed by atoms with Crippen LogP contribution in [0.25, 0.3) is 0 Å². The second-order valence-electron chi connectivity index (χ2n) is 9.12. The lowest BCUT2D eigenvalue weighted by molar-refractivity contribution is -0.159. The molecule has 0 aromatic heterocycles. The van der Waals surface area contributed by atoms with Gasteiger partial charge in [0.05, 0.1) is 13.2 Å². The highest BCUT2D eigenvalue weighted by Crippen LogP contribution is 2.41. The molecule has 2 amide bonds. The summed E-state index contributed by atoms with van der Waals surface area (Å²) >= 11 is 0. The summed E-state index contributed by atoms with van der Waals surface area (Å²) < 4.78 is 11.4. The zero-order valence-electron chi connectivity index (χ0n) is 18.4. The van der Waals surface area contributed by atoms with Gasteiger partial charge in [0.1, 0.15) is 12.6 Å². The van der Waals surface area contributed by atoms with Gasteiger partial charge in [-0.05, 0) is 57.2 Å². The third-order valence-electron chi connectivity index (χ3n) is 6.46. The highest BCUT2D eigenvalue weighted by atomic mass is 16.5. The molecule has 1 aliphatic heterocycles. The van der Waals surface area contributed by atoms with Crippen LogP contribution in [0, 0.1) is 0 Å². The van der Waals surface area contributed by atoms with E-state index < -0.39 is 6.04 Å². The molecule has 30 heavy (non-hydrogen) atoms. The number of rotatable bonds is 6. The number of carbonyl (C=O) groups is 2. The maximum absolute atomic E-state index is 13.7. The van der Waals surface area contributed by atoms with Gasteiger partial charge in [0, 0.05) is 12.1 Å². The molecule has 0 bridgehead atoms. The number of carbonyl (C=O) groups excluding carboxylic acids is 2. The third-order valence-corrected chi connectivity index (χ3v) is 6.46. The van der Waals surface area contributed by atoms with Gasteiger partial charge in [-0.2, -0.15) is 0 Å². The van der Waals surface area contributed by atoms with Gasteiger partial charge in [0.15, 0.2) is 11.5 Å². The first-order chi connectivity index (χ1) is 14.5. The highest BCUT2D eigenvalue weighted by Gasteiger charge is 2.48. The molecule has 2 aliphatic carbocycles. The van der Waals surface area contributed by atoms with Crippen LogP contribution in [0.1, 0.15) is 76.8 Å². The van der Waals surface area contributed by atoms with E-state index >= 15 is 0 Å². The molecule has 0 spiro atoms. The fourth-order valence-corrected chi connectivity index (χ4v) is 4.88. The fourth-order valence-electron chi connectivity index (χ4n) is 4.88. The van der Waals surface area contributed by atoms with Crippen molar-refractivity contribution in [1.82, 2.24) is 9.80 Å². The maximum atomic E-state index is 13.7. The van der Waals surface area contributed by atoms with Crippen molar-refractivity contribution in [1.29, 1.82) is 0 Å². The molecule has 3 fully saturated rings. The quantitative estimate of drug-likeness (QED) is 0.658. The lowest BCUT2D eigenvalue weighted by atomic mass is 9.97. The van der Waals surface area contributed by atoms with Crippen molar-refractivity contribution in [3.8, 4) is 11.5 Å². The summed E-state index contributed by atoms with van der Waals surface area (Å²) in [7, 11) is 1.61. The Bertz CT molecular complexity index is 781. The van der Waals surface area contributed by atoms with E-state index in [4.69, 9.17) is 9.47 Å². The van der Waals surface area contributed by atoms with Gasteiger partial charge in [0.25, 0.3) is 5.91 Å². The Morgan fingerprint density at radius 3 is 2.23 bits per heavy atom. The molecule has 0 N–H and O–H groups in total. The number of piperazine rings is 1. The molecular formula is C24H34N2O4. The first kappa shape index (κ1) is 21.0. The largest absolute Gasteiger partial charge is 0.493 e. The molecule has 6 nitrogen and oxygen atoms in total. The Labute approximate surface area is 179 Å². The van der Waals surface area contributed by atoms with Crippen LogP contribution in [0.3, 0.4) is 0 Å². The smallest absolute Gasteiger partial charge is 0.250 e. The van der Waals surface area contributed by atoms with Crippen molar-refractivity contribution >= 4 is 11.8 Å². The Balaban J connectivity index is 1.67. The first-order valence-electron chi connectivity index (χ1n) is 11.5. The van der Waals surface area contributed by atoms with Gasteiger partial charge in [-0.25, -0.2) is 0 Å². The van der Waals surface area contributed by atoms with E-state index in [0.29, 0.717) is 11.5 Å². The lowest BCUT2D eigenvalue weighted by Crippen LogP contribution is -2.58. The van der Waals surface area contributed by atoms with Crippen molar-refractivity contribution < 1.29 is 19.1 Å². The number of hydrogen-bond donors (Lipinski definition) is 0. The van der Waals surface area contributed by atoms with Crippen LogP contribution in [0.2, 0.25) is 0 Å². The summed E-state index contributed by atoms with van der Waals surface area (Å²) in [6.07, 6.45) is 8.69. The topological polar surface area (TPSA) is 59.1 Å². The van der Waals surface area contributed by atoms with Crippen LogP contribution in [0.5, 0.6) is 11.5 Å². The van der Waals surface area contributed by atoms with Gasteiger partial charge in [-0.15, -0.1) is 0 Å². The minimum absolute atomic E-state index is 0.0244. The lowest BCUT2D eigenvalue weighted by Gasteiger charge is -2.44. The van der Waals surface area contributed by atoms with Crippen molar-refractivity contribution in [3.05, 3.63) is 23.8 Å². The molecule has 164 valence electrons. The Hall–Kier alpha value is -2.24. The van der Waals surface area contributed by atoms with Crippen LogP contribution >= 0.6 is 0 Å². The van der Waals surface area contributed by atoms with Gasteiger partial charge in [0.2, 0.25) is 5.91 Å². The summed E-state index contributed by atoms with van der Waals surface area (Å²) in [4.78, 5) is 30.7. The van der Waals surface area contributed by atoms with E-state index in [1.807, 2.05) is 41.8 Å². The molecule has 1 saturated heterocycles. The van der Waals surface area contributed by atoms with E-state index in [2.05, 4.69) is 0 Å². The van der Waals surface area contributed by atoms with Crippen LogP contribution in [-0.2, 0) is 9.59 Å². The van der Waals surface area contributed by atoms with E-state index in [0.717, 1.165) is 44.1 Å². The van der Waals surface area contributed by atoms with E-state index in [-0.39, 0.29) is 36.5 Å². The van der Waals surface area contributed by atoms with Gasteiger partial charge < -0.3 is 19.3 Å². The van der Waals surface area contributed by atoms with Crippen molar-refractivity contribution in [2.45, 2.75) is 89.4 Å².